The monoisotopic (exact) mass is 2110 g/mol. The lowest BCUT2D eigenvalue weighted by Crippen LogP contribution is -2.26. The molecule has 10 aromatic rings. The van der Waals surface area contributed by atoms with Gasteiger partial charge in [-0.15, -0.1) is 0 Å². The van der Waals surface area contributed by atoms with E-state index in [2.05, 4.69) is 149 Å². The van der Waals surface area contributed by atoms with Crippen molar-refractivity contribution in [3.63, 3.8) is 0 Å². The standard InChI is InChI=1S/C13H13BrClN3O.C13H14ClN3O.C13H19N3O2S.C12H17N3OS.C11H15N3OS.C9H11BrClN3.C8H9ClN2O2S.C4HBrCl2N2/c1-7-9-6-16-13(15)17-11(9)18(12(19)10(7)14)8-4-2-3-5-8;1-8-6-11(18)17(9-4-2-3-5-9)12-10(8)7-15-13(14)16-12;1-3-18-12(17)10-8-14-13(19-2)16-11(10)15-9-6-4-5-7-9;1-8(16)10-7-13-12(17-2)15-11(10)14-9-5-3-4-6-9;1-16-11-12-6-8(7-15)10(14-11)13-9-4-2-3-5-9;10-7-5-12-9(11)14-8(7)13-6-3-1-2-4-6;1-3-13-7(12)5-4-10-8(14-2)11-6(5)9;5-2-1-8-4(7)9-3(2)6/h6,8H,2-5H2,1H3;6-7,9H,2-5H2,1H3;8-9H,3-7H2,1-2H3,(H,14,15,16);7,9H,3-6H2,1-2H3,(H,13,14,15);6-7,9H,2-5H2,1H3,(H,12,13,14);5-6H,1-4H2,(H,12,13,14);4H,3H2,1-2H3;1H. The molecule has 0 unspecified atom stereocenters. The van der Waals surface area contributed by atoms with Crippen molar-refractivity contribution in [2.75, 3.05) is 59.5 Å². The van der Waals surface area contributed by atoms with E-state index in [4.69, 9.17) is 79.1 Å². The van der Waals surface area contributed by atoms with Crippen LogP contribution in [-0.4, -0.2) is 175 Å². The number of pyridine rings is 2. The van der Waals surface area contributed by atoms with Crippen LogP contribution in [0.25, 0.3) is 22.1 Å². The van der Waals surface area contributed by atoms with Gasteiger partial charge in [-0.1, -0.05) is 147 Å². The number of hydrogen-bond donors (Lipinski definition) is 4. The first-order valence-corrected chi connectivity index (χ1v) is 50.7. The molecule has 6 aliphatic rings. The Morgan fingerprint density at radius 1 is 0.437 bits per heavy atom. The summed E-state index contributed by atoms with van der Waals surface area (Å²) in [7, 11) is 0. The molecule has 0 aromatic carbocycles. The van der Waals surface area contributed by atoms with E-state index < -0.39 is 5.97 Å². The Labute approximate surface area is 803 Å². The second-order valence-corrected chi connectivity index (χ2v) is 37.1. The third-order valence-corrected chi connectivity index (χ3v) is 26.8. The number of ketones is 1. The summed E-state index contributed by atoms with van der Waals surface area (Å²) in [6, 6.07) is 4.00. The van der Waals surface area contributed by atoms with Gasteiger partial charge < -0.3 is 30.7 Å². The number of aryl methyl sites for hydroxylation is 2. The Bertz CT molecular complexity index is 5470. The molecule has 10 heterocycles. The number of aldehydes is 1. The second-order valence-electron chi connectivity index (χ2n) is 29.5. The van der Waals surface area contributed by atoms with E-state index in [1.165, 1.54) is 136 Å². The third kappa shape index (κ3) is 30.6. The van der Waals surface area contributed by atoms with E-state index >= 15 is 0 Å². The van der Waals surface area contributed by atoms with Gasteiger partial charge in [0, 0.05) is 103 Å². The van der Waals surface area contributed by atoms with E-state index in [1.54, 1.807) is 73.2 Å². The molecule has 0 spiro atoms. The molecule has 6 saturated carbocycles. The summed E-state index contributed by atoms with van der Waals surface area (Å²) in [5.41, 5.74) is 4.85. The molecule has 6 aliphatic carbocycles. The number of rotatable bonds is 20. The number of carbonyl (C=O) groups excluding carboxylic acids is 4. The minimum absolute atomic E-state index is 0.0122. The van der Waals surface area contributed by atoms with Crippen LogP contribution < -0.4 is 32.4 Å². The number of halogens is 9. The van der Waals surface area contributed by atoms with Gasteiger partial charge in [-0.3, -0.25) is 28.3 Å². The van der Waals surface area contributed by atoms with Crippen LogP contribution in [0.15, 0.2) is 99.3 Å². The molecule has 10 aromatic heterocycles. The number of Topliss-reactive ketones (excluding diaryl/α,β-unsaturated/α-hetero) is 1. The first kappa shape index (κ1) is 103. The number of esters is 2. The first-order valence-electron chi connectivity index (χ1n) is 41.1. The molecule has 0 atom stereocenters. The number of fused-ring (bicyclic) bond motifs is 2. The van der Waals surface area contributed by atoms with Crippen LogP contribution >= 0.6 is 164 Å². The van der Waals surface area contributed by atoms with Gasteiger partial charge in [-0.25, -0.2) is 74.4 Å². The quantitative estimate of drug-likeness (QED) is 0.0137. The van der Waals surface area contributed by atoms with Crippen molar-refractivity contribution in [3.8, 4) is 0 Å². The van der Waals surface area contributed by atoms with Crippen molar-refractivity contribution < 1.29 is 28.7 Å². The van der Waals surface area contributed by atoms with Gasteiger partial charge in [0.25, 0.3) is 11.1 Å². The van der Waals surface area contributed by atoms with Gasteiger partial charge in [-0.05, 0) is 242 Å². The number of nitrogens with zero attached hydrogens (tertiary/aromatic N) is 18. The number of thioether (sulfide) groups is 4. The molecule has 0 aliphatic heterocycles. The summed E-state index contributed by atoms with van der Waals surface area (Å²) >= 11 is 49.9. The van der Waals surface area contributed by atoms with Gasteiger partial charge in [0.05, 0.1) is 37.8 Å². The predicted molar refractivity (Wildman–Crippen MR) is 515 cm³/mol. The van der Waals surface area contributed by atoms with Gasteiger partial charge in [0.2, 0.25) is 21.1 Å². The number of carbonyl (C=O) groups is 4. The highest BCUT2D eigenvalue weighted by atomic mass is 79.9. The van der Waals surface area contributed by atoms with Gasteiger partial charge in [0.1, 0.15) is 56.0 Å². The first-order chi connectivity index (χ1) is 60.7. The largest absolute Gasteiger partial charge is 0.462 e. The fourth-order valence-corrected chi connectivity index (χ4v) is 17.8. The third-order valence-electron chi connectivity index (χ3n) is 20.9. The van der Waals surface area contributed by atoms with Crippen molar-refractivity contribution in [1.29, 1.82) is 0 Å². The van der Waals surface area contributed by atoms with E-state index in [0.29, 0.717) is 118 Å². The van der Waals surface area contributed by atoms with Crippen molar-refractivity contribution in [1.82, 2.24) is 88.9 Å². The lowest BCUT2D eigenvalue weighted by molar-refractivity contribution is 0.0516. The van der Waals surface area contributed by atoms with Crippen molar-refractivity contribution in [3.05, 3.63) is 155 Å². The van der Waals surface area contributed by atoms with Crippen molar-refractivity contribution in [2.24, 2.45) is 0 Å². The fraction of sp³-hybridized carbons (Fsp3) is 0.494. The Hall–Kier alpha value is -6.88. The molecule has 30 nitrogen and oxygen atoms in total. The fourth-order valence-electron chi connectivity index (χ4n) is 14.6. The maximum atomic E-state index is 12.5. The van der Waals surface area contributed by atoms with Crippen LogP contribution in [0.1, 0.15) is 240 Å². The molecule has 43 heteroatoms. The molecule has 16 rings (SSSR count). The smallest absolute Gasteiger partial charge is 0.343 e. The zero-order valence-electron chi connectivity index (χ0n) is 71.0. The van der Waals surface area contributed by atoms with Gasteiger partial charge in [0.15, 0.2) is 32.7 Å². The Balaban J connectivity index is 0.000000164. The molecule has 0 saturated heterocycles. The summed E-state index contributed by atoms with van der Waals surface area (Å²) < 4.78 is 15.5. The Kier molecular flexibility index (Phi) is 43.1. The van der Waals surface area contributed by atoms with Gasteiger partial charge >= 0.3 is 11.9 Å². The van der Waals surface area contributed by atoms with Crippen LogP contribution in [0.5, 0.6) is 0 Å². The summed E-state index contributed by atoms with van der Waals surface area (Å²) in [5, 5.41) is 19.1. The summed E-state index contributed by atoms with van der Waals surface area (Å²) in [6.45, 7) is 9.52. The lowest BCUT2D eigenvalue weighted by atomic mass is 10.1. The summed E-state index contributed by atoms with van der Waals surface area (Å²) in [5.74, 6) is 1.94. The minimum atomic E-state index is -0.495. The molecule has 676 valence electrons. The predicted octanol–water partition coefficient (Wildman–Crippen LogP) is 22.2. The van der Waals surface area contributed by atoms with E-state index in [9.17, 15) is 28.8 Å². The highest BCUT2D eigenvalue weighted by Gasteiger charge is 2.28. The van der Waals surface area contributed by atoms with E-state index in [1.807, 2.05) is 38.9 Å². The van der Waals surface area contributed by atoms with Crippen molar-refractivity contribution in [2.45, 2.75) is 246 Å². The molecular weight excluding hydrogens is 2010 g/mol. The SMILES string of the molecule is CCOC(=O)c1cnc(SC)nc1Cl.CCOC(=O)c1cnc(SC)nc1NC1CCCC1.CSc1ncc(C(C)=O)c(NC2CCCC2)n1.CSc1ncc(C=O)c(NC2CCCC2)n1.Cc1c(Br)c(=O)n(C2CCCC2)c2nc(Cl)ncc12.Cc1cc(=O)n(C2CCCC2)c2nc(Cl)ncc12.Clc1ncc(Br)c(Cl)n1.Clc1ncc(Br)c(NC2CCCC2)n1. The van der Waals surface area contributed by atoms with Gasteiger partial charge in [-0.2, -0.15) is 15.0 Å². The highest BCUT2D eigenvalue weighted by molar-refractivity contribution is 9.11. The topological polar surface area (TPSA) is 385 Å². The number of anilines is 4. The Morgan fingerprint density at radius 3 is 1.26 bits per heavy atom. The number of nitrogens with one attached hydrogen (secondary N) is 4. The summed E-state index contributed by atoms with van der Waals surface area (Å²) in [6.07, 6.45) is 49.3. The average Bonchev–Trinajstić information content (AvgIpc) is 1.53. The van der Waals surface area contributed by atoms with Crippen LogP contribution in [0, 0.1) is 13.8 Å². The molecule has 0 amide bonds. The maximum absolute atomic E-state index is 12.5. The maximum Gasteiger partial charge on any atom is 0.343 e. The average molecular weight is 2110 g/mol. The molecular formula is C83H99Br3Cl6N22O8S4. The number of aromatic nitrogens is 18. The minimum Gasteiger partial charge on any atom is -0.462 e. The zero-order valence-corrected chi connectivity index (χ0v) is 83.5. The number of hydrogen-bond acceptors (Lipinski definition) is 32. The molecule has 0 radical (unpaired) electrons. The highest BCUT2D eigenvalue weighted by Crippen LogP contribution is 2.36. The second kappa shape index (κ2) is 52.8. The zero-order chi connectivity index (χ0) is 90.9. The number of ether oxygens (including phenoxy) is 2. The summed E-state index contributed by atoms with van der Waals surface area (Å²) in [4.78, 5) is 136. The molecule has 6 fully saturated rings. The Morgan fingerprint density at radius 2 is 0.810 bits per heavy atom. The van der Waals surface area contributed by atoms with Crippen LogP contribution in [0.4, 0.5) is 23.3 Å². The normalized spacial score (nSPS) is 15.1. The molecule has 0 bridgehead atoms. The van der Waals surface area contributed by atoms with E-state index in [0.717, 1.165) is 116 Å². The van der Waals surface area contributed by atoms with Crippen LogP contribution in [0.2, 0.25) is 31.4 Å². The van der Waals surface area contributed by atoms with Crippen molar-refractivity contribution >= 4 is 234 Å². The van der Waals surface area contributed by atoms with E-state index in [-0.39, 0.29) is 66.8 Å². The molecule has 126 heavy (non-hydrogen) atoms. The lowest BCUT2D eigenvalue weighted by Gasteiger charge is -2.18. The van der Waals surface area contributed by atoms with Crippen LogP contribution in [0.3, 0.4) is 0 Å². The molecule has 4 N–H and O–H groups in total. The van der Waals surface area contributed by atoms with Crippen LogP contribution in [-0.2, 0) is 9.47 Å².